The number of halogens is 2. The second-order valence-electron chi connectivity index (χ2n) is 7.72. The van der Waals surface area contributed by atoms with Crippen LogP contribution in [0.3, 0.4) is 0 Å². The van der Waals surface area contributed by atoms with E-state index < -0.39 is 5.82 Å². The van der Waals surface area contributed by atoms with Crippen LogP contribution >= 0.6 is 0 Å². The summed E-state index contributed by atoms with van der Waals surface area (Å²) in [6.07, 6.45) is 2.02. The SMILES string of the molecule is Cc1ccc(-c2c(C)cc(F)c3c2oc2c(-c4ccccc4)c(F)ccc23)[n+](C)c1. The van der Waals surface area contributed by atoms with Gasteiger partial charge in [0.2, 0.25) is 5.69 Å². The van der Waals surface area contributed by atoms with Crippen molar-refractivity contribution in [2.45, 2.75) is 13.8 Å². The second kappa shape index (κ2) is 6.77. The predicted octanol–water partition coefficient (Wildman–Crippen LogP) is 6.64. The number of furan rings is 1. The minimum Gasteiger partial charge on any atom is -0.454 e. The van der Waals surface area contributed by atoms with Crippen molar-refractivity contribution < 1.29 is 17.8 Å². The third-order valence-corrected chi connectivity index (χ3v) is 5.61. The zero-order chi connectivity index (χ0) is 21.0. The quantitative estimate of drug-likeness (QED) is 0.304. The van der Waals surface area contributed by atoms with Crippen molar-refractivity contribution in [3.05, 3.63) is 89.6 Å². The van der Waals surface area contributed by atoms with Gasteiger partial charge in [0.15, 0.2) is 11.8 Å². The van der Waals surface area contributed by atoms with Gasteiger partial charge in [-0.05, 0) is 49.2 Å². The Bertz CT molecular complexity index is 1430. The first-order valence-corrected chi connectivity index (χ1v) is 9.81. The van der Waals surface area contributed by atoms with E-state index in [1.54, 1.807) is 6.07 Å². The van der Waals surface area contributed by atoms with Crippen molar-refractivity contribution in [2.75, 3.05) is 0 Å². The van der Waals surface area contributed by atoms with Gasteiger partial charge < -0.3 is 4.42 Å². The maximum atomic E-state index is 15.1. The van der Waals surface area contributed by atoms with E-state index in [2.05, 4.69) is 0 Å². The van der Waals surface area contributed by atoms with E-state index in [0.717, 1.165) is 22.4 Å². The van der Waals surface area contributed by atoms with Crippen molar-refractivity contribution in [1.82, 2.24) is 0 Å². The van der Waals surface area contributed by atoms with Gasteiger partial charge in [0, 0.05) is 17.0 Å². The molecule has 5 aromatic rings. The molecule has 0 aliphatic rings. The Hall–Kier alpha value is -3.53. The van der Waals surface area contributed by atoms with Crippen molar-refractivity contribution in [3.8, 4) is 22.4 Å². The molecule has 2 aromatic heterocycles. The van der Waals surface area contributed by atoms with Crippen molar-refractivity contribution in [1.29, 1.82) is 0 Å². The molecule has 3 aromatic carbocycles. The molecule has 30 heavy (non-hydrogen) atoms. The molecule has 0 atom stereocenters. The maximum absolute atomic E-state index is 15.1. The lowest BCUT2D eigenvalue weighted by atomic mass is 9.98. The maximum Gasteiger partial charge on any atom is 0.216 e. The number of benzene rings is 3. The summed E-state index contributed by atoms with van der Waals surface area (Å²) < 4.78 is 38.3. The van der Waals surface area contributed by atoms with E-state index in [9.17, 15) is 4.39 Å². The predicted molar refractivity (Wildman–Crippen MR) is 115 cm³/mol. The topological polar surface area (TPSA) is 17.0 Å². The van der Waals surface area contributed by atoms with Crippen LogP contribution in [-0.4, -0.2) is 0 Å². The molecule has 0 aliphatic heterocycles. The monoisotopic (exact) mass is 400 g/mol. The molecule has 0 amide bonds. The van der Waals surface area contributed by atoms with E-state index in [-0.39, 0.29) is 5.82 Å². The van der Waals surface area contributed by atoms with Gasteiger partial charge in [-0.1, -0.05) is 30.3 Å². The summed E-state index contributed by atoms with van der Waals surface area (Å²) in [5.74, 6) is -0.766. The highest BCUT2D eigenvalue weighted by atomic mass is 19.1. The van der Waals surface area contributed by atoms with Gasteiger partial charge in [-0.2, -0.15) is 0 Å². The third-order valence-electron chi connectivity index (χ3n) is 5.61. The Morgan fingerprint density at radius 2 is 1.57 bits per heavy atom. The summed E-state index contributed by atoms with van der Waals surface area (Å²) in [4.78, 5) is 0. The van der Waals surface area contributed by atoms with Gasteiger partial charge in [-0.15, -0.1) is 0 Å². The highest BCUT2D eigenvalue weighted by molar-refractivity contribution is 6.13. The molecule has 5 rings (SSSR count). The molecule has 0 fully saturated rings. The highest BCUT2D eigenvalue weighted by Crippen LogP contribution is 2.42. The molecule has 0 radical (unpaired) electrons. The number of aryl methyl sites for hydroxylation is 3. The first-order chi connectivity index (χ1) is 14.5. The largest absolute Gasteiger partial charge is 0.454 e. The summed E-state index contributed by atoms with van der Waals surface area (Å²) in [6.45, 7) is 3.89. The van der Waals surface area contributed by atoms with Gasteiger partial charge in [-0.25, -0.2) is 13.3 Å². The van der Waals surface area contributed by atoms with Crippen LogP contribution in [-0.2, 0) is 7.05 Å². The smallest absolute Gasteiger partial charge is 0.216 e. The normalized spacial score (nSPS) is 11.5. The lowest BCUT2D eigenvalue weighted by molar-refractivity contribution is -0.660. The molecule has 148 valence electrons. The van der Waals surface area contributed by atoms with Gasteiger partial charge in [0.25, 0.3) is 0 Å². The minimum atomic E-state index is -0.396. The van der Waals surface area contributed by atoms with Gasteiger partial charge in [-0.3, -0.25) is 0 Å². The fraction of sp³-hybridized carbons (Fsp3) is 0.115. The molecular weight excluding hydrogens is 380 g/mol. The van der Waals surface area contributed by atoms with Gasteiger partial charge in [0.05, 0.1) is 16.5 Å². The van der Waals surface area contributed by atoms with Gasteiger partial charge in [0.1, 0.15) is 24.3 Å². The van der Waals surface area contributed by atoms with E-state index >= 15 is 4.39 Å². The second-order valence-corrected chi connectivity index (χ2v) is 7.72. The first-order valence-electron chi connectivity index (χ1n) is 9.81. The number of nitrogens with zero attached hydrogens (tertiary/aromatic N) is 1. The molecule has 2 heterocycles. The van der Waals surface area contributed by atoms with Crippen molar-refractivity contribution >= 4 is 21.9 Å². The van der Waals surface area contributed by atoms with Crippen LogP contribution in [0.2, 0.25) is 0 Å². The molecule has 0 saturated carbocycles. The Morgan fingerprint density at radius 3 is 2.30 bits per heavy atom. The standard InChI is InChI=1S/C26H20F2NO/c1-15-9-12-21(29(3)14-15)22-16(2)13-20(28)24-18-10-11-19(27)23(25(18)30-26(22)24)17-7-5-4-6-8-17/h4-14H,1-3H3/q+1. The Kier molecular flexibility index (Phi) is 4.17. The molecule has 0 unspecified atom stereocenters. The zero-order valence-electron chi connectivity index (χ0n) is 17.0. The molecule has 2 nitrogen and oxygen atoms in total. The summed E-state index contributed by atoms with van der Waals surface area (Å²) in [6, 6.07) is 17.7. The lowest BCUT2D eigenvalue weighted by Crippen LogP contribution is -2.31. The third kappa shape index (κ3) is 2.71. The van der Waals surface area contributed by atoms with Crippen LogP contribution in [0.1, 0.15) is 11.1 Å². The Balaban J connectivity index is 1.94. The summed E-state index contributed by atoms with van der Waals surface area (Å²) in [7, 11) is 1.95. The average molecular weight is 400 g/mol. The molecular formula is C26H20F2NO+. The molecule has 0 N–H and O–H groups in total. The number of hydrogen-bond acceptors (Lipinski definition) is 1. The van der Waals surface area contributed by atoms with E-state index in [1.165, 1.54) is 12.1 Å². The van der Waals surface area contributed by atoms with Crippen LogP contribution in [0.15, 0.2) is 71.3 Å². The van der Waals surface area contributed by atoms with E-state index in [4.69, 9.17) is 4.42 Å². The van der Waals surface area contributed by atoms with Gasteiger partial charge >= 0.3 is 0 Å². The Labute approximate surface area is 173 Å². The van der Waals surface area contributed by atoms with Crippen molar-refractivity contribution in [2.24, 2.45) is 7.05 Å². The summed E-state index contributed by atoms with van der Waals surface area (Å²) >= 11 is 0. The van der Waals surface area contributed by atoms with Crippen LogP contribution in [0.25, 0.3) is 44.3 Å². The molecule has 4 heteroatoms. The van der Waals surface area contributed by atoms with Crippen LogP contribution in [0, 0.1) is 25.5 Å². The highest BCUT2D eigenvalue weighted by Gasteiger charge is 2.25. The molecule has 0 aliphatic carbocycles. The molecule has 0 saturated heterocycles. The number of hydrogen-bond donors (Lipinski definition) is 0. The van der Waals surface area contributed by atoms with Crippen molar-refractivity contribution in [3.63, 3.8) is 0 Å². The number of fused-ring (bicyclic) bond motifs is 3. The summed E-state index contributed by atoms with van der Waals surface area (Å²) in [5, 5.41) is 0.946. The van der Waals surface area contributed by atoms with E-state index in [0.29, 0.717) is 33.1 Å². The van der Waals surface area contributed by atoms with Crippen LogP contribution < -0.4 is 4.57 Å². The van der Waals surface area contributed by atoms with Crippen LogP contribution in [0.5, 0.6) is 0 Å². The molecule has 0 spiro atoms. The van der Waals surface area contributed by atoms with E-state index in [1.807, 2.05) is 74.1 Å². The summed E-state index contributed by atoms with van der Waals surface area (Å²) in [5.41, 5.74) is 5.44. The molecule has 0 bridgehead atoms. The first kappa shape index (κ1) is 18.5. The fourth-order valence-corrected chi connectivity index (χ4v) is 4.26. The van der Waals surface area contributed by atoms with Crippen LogP contribution in [0.4, 0.5) is 8.78 Å². The number of aromatic nitrogens is 1. The minimum absolute atomic E-state index is 0.348. The zero-order valence-corrected chi connectivity index (χ0v) is 17.0. The lowest BCUT2D eigenvalue weighted by Gasteiger charge is -2.06. The number of pyridine rings is 1. The fourth-order valence-electron chi connectivity index (χ4n) is 4.26. The Morgan fingerprint density at radius 1 is 0.800 bits per heavy atom. The average Bonchev–Trinajstić information content (AvgIpc) is 3.09. The number of rotatable bonds is 2.